The molecular formula is C16H13BrN6O4. The van der Waals surface area contributed by atoms with Crippen molar-refractivity contribution in [1.29, 1.82) is 0 Å². The summed E-state index contributed by atoms with van der Waals surface area (Å²) in [7, 11) is 1.31. The third kappa shape index (κ3) is 4.03. The highest BCUT2D eigenvalue weighted by Crippen LogP contribution is 2.28. The number of aromatic nitrogens is 2. The van der Waals surface area contributed by atoms with Gasteiger partial charge in [-0.1, -0.05) is 15.9 Å². The molecule has 0 saturated carbocycles. The Bertz CT molecular complexity index is 1040. The summed E-state index contributed by atoms with van der Waals surface area (Å²) in [6, 6.07) is 8.55. The fraction of sp³-hybridized carbons (Fsp3) is 0.0625. The van der Waals surface area contributed by atoms with Gasteiger partial charge in [-0.2, -0.15) is 5.10 Å². The summed E-state index contributed by atoms with van der Waals surface area (Å²) in [4.78, 5) is 12.0. The van der Waals surface area contributed by atoms with Crippen LogP contribution in [0.5, 0.6) is 0 Å². The van der Waals surface area contributed by atoms with Gasteiger partial charge in [0.05, 0.1) is 18.9 Å². The van der Waals surface area contributed by atoms with Gasteiger partial charge < -0.3 is 20.6 Å². The van der Waals surface area contributed by atoms with E-state index in [4.69, 9.17) is 20.6 Å². The number of carbonyl (C=O) groups excluding carboxylic acids is 1. The van der Waals surface area contributed by atoms with Crippen molar-refractivity contribution < 1.29 is 18.6 Å². The lowest BCUT2D eigenvalue weighted by Gasteiger charge is -2.06. The second-order valence-electron chi connectivity index (χ2n) is 5.11. The Balaban J connectivity index is 1.84. The molecule has 0 amide bonds. The number of halogens is 1. The maximum Gasteiger partial charge on any atom is 0.338 e. The minimum atomic E-state index is -0.478. The molecule has 0 aliphatic heterocycles. The Hall–Kier alpha value is -3.47. The van der Waals surface area contributed by atoms with Crippen LogP contribution in [0.25, 0.3) is 11.3 Å². The van der Waals surface area contributed by atoms with Gasteiger partial charge >= 0.3 is 5.97 Å². The number of nitrogens with zero attached hydrogens (tertiary/aromatic N) is 4. The molecule has 0 unspecified atom stereocenters. The quantitative estimate of drug-likeness (QED) is 0.269. The average Bonchev–Trinajstić information content (AvgIpc) is 3.30. The fourth-order valence-corrected chi connectivity index (χ4v) is 2.51. The highest BCUT2D eigenvalue weighted by Gasteiger charge is 2.16. The molecule has 11 heteroatoms. The van der Waals surface area contributed by atoms with E-state index in [1.54, 1.807) is 30.3 Å². The van der Waals surface area contributed by atoms with E-state index in [2.05, 4.69) is 41.1 Å². The van der Waals surface area contributed by atoms with Crippen molar-refractivity contribution in [3.8, 4) is 11.3 Å². The lowest BCUT2D eigenvalue weighted by atomic mass is 10.1. The van der Waals surface area contributed by atoms with Crippen LogP contribution in [0, 0.1) is 0 Å². The first kappa shape index (κ1) is 18.3. The number of anilines is 1. The largest absolute Gasteiger partial charge is 0.465 e. The number of ether oxygens (including phenoxy) is 1. The summed E-state index contributed by atoms with van der Waals surface area (Å²) < 4.78 is 15.7. The first-order chi connectivity index (χ1) is 13.0. The van der Waals surface area contributed by atoms with Crippen molar-refractivity contribution in [3.63, 3.8) is 0 Å². The molecule has 0 bridgehead atoms. The van der Waals surface area contributed by atoms with E-state index < -0.39 is 5.97 Å². The summed E-state index contributed by atoms with van der Waals surface area (Å²) in [5.41, 5.74) is 12.2. The van der Waals surface area contributed by atoms with Crippen LogP contribution in [-0.4, -0.2) is 35.4 Å². The fourth-order valence-electron chi connectivity index (χ4n) is 2.15. The highest BCUT2D eigenvalue weighted by molar-refractivity contribution is 9.10. The number of hydrogen-bond donors (Lipinski definition) is 2. The first-order valence-corrected chi connectivity index (χ1v) is 8.22. The van der Waals surface area contributed by atoms with Crippen LogP contribution < -0.4 is 11.5 Å². The van der Waals surface area contributed by atoms with Crippen molar-refractivity contribution in [2.45, 2.75) is 0 Å². The molecule has 3 rings (SSSR count). The van der Waals surface area contributed by atoms with E-state index in [-0.39, 0.29) is 17.3 Å². The Labute approximate surface area is 161 Å². The maximum absolute atomic E-state index is 12.0. The minimum Gasteiger partial charge on any atom is -0.465 e. The van der Waals surface area contributed by atoms with Crippen molar-refractivity contribution >= 4 is 39.8 Å². The van der Waals surface area contributed by atoms with Crippen molar-refractivity contribution in [2.75, 3.05) is 12.8 Å². The van der Waals surface area contributed by atoms with Gasteiger partial charge in [0.25, 0.3) is 0 Å². The first-order valence-electron chi connectivity index (χ1n) is 7.42. The van der Waals surface area contributed by atoms with Crippen LogP contribution in [0.3, 0.4) is 0 Å². The van der Waals surface area contributed by atoms with Crippen molar-refractivity contribution in [2.24, 2.45) is 15.9 Å². The molecule has 4 N–H and O–H groups in total. The van der Waals surface area contributed by atoms with E-state index in [0.717, 1.165) is 4.47 Å². The topological polar surface area (TPSA) is 155 Å². The zero-order valence-corrected chi connectivity index (χ0v) is 15.5. The molecule has 0 aliphatic rings. The van der Waals surface area contributed by atoms with Gasteiger partial charge in [-0.05, 0) is 40.6 Å². The molecule has 10 nitrogen and oxygen atoms in total. The van der Waals surface area contributed by atoms with Gasteiger partial charge in [-0.15, -0.1) is 5.10 Å². The standard InChI is InChI=1S/C16H13BrN6O4/c1-25-16(24)11-6-8(17)2-4-10(11)12-5-3-9(26-12)7-20-21-14(18)13-15(19)23-27-22-13/h2-7H,1H3,(H2,18,21)(H2,19,23)/b20-7+. The summed E-state index contributed by atoms with van der Waals surface area (Å²) >= 11 is 3.33. The number of methoxy groups -OCH3 is 1. The van der Waals surface area contributed by atoms with Gasteiger partial charge in [0.2, 0.25) is 0 Å². The number of amidine groups is 1. The molecule has 0 fully saturated rings. The number of carbonyl (C=O) groups is 1. The van der Waals surface area contributed by atoms with Crippen LogP contribution in [0.1, 0.15) is 21.8 Å². The molecular weight excluding hydrogens is 420 g/mol. The average molecular weight is 433 g/mol. The summed E-state index contributed by atoms with van der Waals surface area (Å²) in [6.07, 6.45) is 1.34. The van der Waals surface area contributed by atoms with E-state index in [1.807, 2.05) is 0 Å². The van der Waals surface area contributed by atoms with E-state index in [9.17, 15) is 4.79 Å². The third-order valence-corrected chi connectivity index (χ3v) is 3.88. The Morgan fingerprint density at radius 2 is 2.11 bits per heavy atom. The van der Waals surface area contributed by atoms with Crippen molar-refractivity contribution in [3.05, 3.63) is 51.8 Å². The van der Waals surface area contributed by atoms with Gasteiger partial charge in [-0.3, -0.25) is 0 Å². The van der Waals surface area contributed by atoms with Crippen LogP contribution in [0.15, 0.2) is 54.1 Å². The number of nitrogens with two attached hydrogens (primary N) is 2. The van der Waals surface area contributed by atoms with Crippen molar-refractivity contribution in [1.82, 2.24) is 10.3 Å². The molecule has 0 spiro atoms. The SMILES string of the molecule is COC(=O)c1cc(Br)ccc1-c1ccc(/C=N/N=C(/N)c2nonc2N)o1. The molecule has 2 aromatic heterocycles. The summed E-state index contributed by atoms with van der Waals surface area (Å²) in [5, 5.41) is 14.5. The van der Waals surface area contributed by atoms with Crippen LogP contribution in [0.4, 0.5) is 5.82 Å². The number of rotatable bonds is 5. The van der Waals surface area contributed by atoms with Crippen LogP contribution in [0.2, 0.25) is 0 Å². The monoisotopic (exact) mass is 432 g/mol. The smallest absolute Gasteiger partial charge is 0.338 e. The Kier molecular flexibility index (Phi) is 5.31. The van der Waals surface area contributed by atoms with Gasteiger partial charge in [-0.25, -0.2) is 9.42 Å². The van der Waals surface area contributed by atoms with Gasteiger partial charge in [0, 0.05) is 10.0 Å². The molecule has 2 heterocycles. The molecule has 3 aromatic rings. The Morgan fingerprint density at radius 1 is 1.30 bits per heavy atom. The van der Waals surface area contributed by atoms with E-state index in [1.165, 1.54) is 13.3 Å². The predicted molar refractivity (Wildman–Crippen MR) is 100 cm³/mol. The van der Waals surface area contributed by atoms with E-state index >= 15 is 0 Å². The number of furan rings is 1. The number of nitrogen functional groups attached to an aromatic ring is 1. The predicted octanol–water partition coefficient (Wildman–Crippen LogP) is 2.20. The second kappa shape index (κ2) is 7.83. The summed E-state index contributed by atoms with van der Waals surface area (Å²) in [6.45, 7) is 0. The normalized spacial score (nSPS) is 11.9. The lowest BCUT2D eigenvalue weighted by molar-refractivity contribution is 0.0601. The molecule has 0 atom stereocenters. The second-order valence-corrected chi connectivity index (χ2v) is 6.03. The Morgan fingerprint density at radius 3 is 2.81 bits per heavy atom. The minimum absolute atomic E-state index is 0.0114. The van der Waals surface area contributed by atoms with Gasteiger partial charge in [0.15, 0.2) is 17.3 Å². The van der Waals surface area contributed by atoms with E-state index in [0.29, 0.717) is 22.6 Å². The number of hydrogen-bond acceptors (Lipinski definition) is 9. The lowest BCUT2D eigenvalue weighted by Crippen LogP contribution is -2.15. The third-order valence-electron chi connectivity index (χ3n) is 3.39. The molecule has 1 aromatic carbocycles. The number of esters is 1. The maximum atomic E-state index is 12.0. The van der Waals surface area contributed by atoms with Gasteiger partial charge in [0.1, 0.15) is 11.5 Å². The highest BCUT2D eigenvalue weighted by atomic mass is 79.9. The van der Waals surface area contributed by atoms with Crippen LogP contribution in [-0.2, 0) is 4.74 Å². The summed E-state index contributed by atoms with van der Waals surface area (Å²) in [5.74, 6) is 0.335. The zero-order valence-electron chi connectivity index (χ0n) is 13.9. The number of benzene rings is 1. The zero-order chi connectivity index (χ0) is 19.4. The molecule has 27 heavy (non-hydrogen) atoms. The molecule has 138 valence electrons. The molecule has 0 aliphatic carbocycles. The van der Waals surface area contributed by atoms with Crippen LogP contribution >= 0.6 is 15.9 Å². The molecule has 0 radical (unpaired) electrons. The molecule has 0 saturated heterocycles.